The molecule has 0 spiro atoms. The molecule has 0 atom stereocenters. The van der Waals surface area contributed by atoms with Crippen molar-refractivity contribution in [2.75, 3.05) is 0 Å². The summed E-state index contributed by atoms with van der Waals surface area (Å²) >= 11 is 0. The molecule has 0 aliphatic rings. The van der Waals surface area contributed by atoms with Gasteiger partial charge in [-0.2, -0.15) is 0 Å². The van der Waals surface area contributed by atoms with E-state index in [2.05, 4.69) is 4.72 Å². The Kier molecular flexibility index (Phi) is 5.28. The number of sulfonamides is 1. The normalized spacial score (nSPS) is 11.4. The summed E-state index contributed by atoms with van der Waals surface area (Å²) in [5.74, 6) is 0. The number of hydrogen-bond donors (Lipinski definition) is 2. The molecule has 0 heterocycles. The van der Waals surface area contributed by atoms with Gasteiger partial charge in [0.05, 0.1) is 4.90 Å². The van der Waals surface area contributed by atoms with Gasteiger partial charge in [-0.1, -0.05) is 66.7 Å². The number of nitrogens with two attached hydrogens (primary N) is 1. The lowest BCUT2D eigenvalue weighted by molar-refractivity contribution is 0.581. The average Bonchev–Trinajstić information content (AvgIpc) is 2.68. The molecule has 0 aromatic heterocycles. The Morgan fingerprint density at radius 1 is 0.720 bits per heavy atom. The lowest BCUT2D eigenvalue weighted by Gasteiger charge is -2.08. The monoisotopic (exact) mass is 352 g/mol. The maximum Gasteiger partial charge on any atom is 0.240 e. The predicted molar refractivity (Wildman–Crippen MR) is 100 cm³/mol. The Balaban J connectivity index is 1.71. The highest BCUT2D eigenvalue weighted by Gasteiger charge is 2.13. The first-order valence-corrected chi connectivity index (χ1v) is 9.50. The predicted octanol–water partition coefficient (Wildman–Crippen LogP) is 3.29. The van der Waals surface area contributed by atoms with Gasteiger partial charge in [-0.15, -0.1) is 0 Å². The largest absolute Gasteiger partial charge is 0.326 e. The fraction of sp³-hybridized carbons (Fsp3) is 0.100. The number of rotatable bonds is 6. The van der Waals surface area contributed by atoms with Crippen molar-refractivity contribution in [2.24, 2.45) is 5.73 Å². The highest BCUT2D eigenvalue weighted by molar-refractivity contribution is 7.89. The van der Waals surface area contributed by atoms with Crippen LogP contribution in [-0.2, 0) is 23.1 Å². The van der Waals surface area contributed by atoms with Crippen LogP contribution >= 0.6 is 0 Å². The average molecular weight is 352 g/mol. The van der Waals surface area contributed by atoms with E-state index in [0.29, 0.717) is 6.54 Å². The summed E-state index contributed by atoms with van der Waals surface area (Å²) in [6.45, 7) is 0.716. The third kappa shape index (κ3) is 4.33. The van der Waals surface area contributed by atoms with Gasteiger partial charge < -0.3 is 5.73 Å². The quantitative estimate of drug-likeness (QED) is 0.715. The van der Waals surface area contributed by atoms with Gasteiger partial charge in [0.15, 0.2) is 0 Å². The van der Waals surface area contributed by atoms with E-state index in [9.17, 15) is 8.42 Å². The van der Waals surface area contributed by atoms with E-state index >= 15 is 0 Å². The Hall–Kier alpha value is -2.47. The van der Waals surface area contributed by atoms with Gasteiger partial charge >= 0.3 is 0 Å². The van der Waals surface area contributed by atoms with Crippen molar-refractivity contribution in [2.45, 2.75) is 18.0 Å². The fourth-order valence-electron chi connectivity index (χ4n) is 2.51. The first-order chi connectivity index (χ1) is 12.1. The molecule has 3 aromatic carbocycles. The minimum absolute atomic E-state index is 0.244. The fourth-order valence-corrected chi connectivity index (χ4v) is 3.53. The summed E-state index contributed by atoms with van der Waals surface area (Å²) < 4.78 is 27.5. The zero-order valence-corrected chi connectivity index (χ0v) is 14.5. The summed E-state index contributed by atoms with van der Waals surface area (Å²) in [6.07, 6.45) is 0. The van der Waals surface area contributed by atoms with Crippen molar-refractivity contribution in [3.05, 3.63) is 90.0 Å². The molecule has 0 bridgehead atoms. The molecule has 3 aromatic rings. The molecule has 5 heteroatoms. The zero-order valence-electron chi connectivity index (χ0n) is 13.7. The SMILES string of the molecule is NCc1ccc(CNS(=O)(=O)c2ccc(-c3ccccc3)cc2)cc1. The Morgan fingerprint density at radius 2 is 1.28 bits per heavy atom. The summed E-state index contributed by atoms with van der Waals surface area (Å²) in [7, 11) is -3.55. The second kappa shape index (κ2) is 7.61. The minimum Gasteiger partial charge on any atom is -0.326 e. The molecule has 128 valence electrons. The molecule has 3 N–H and O–H groups in total. The van der Waals surface area contributed by atoms with Gasteiger partial charge in [-0.05, 0) is 34.4 Å². The van der Waals surface area contributed by atoms with Gasteiger partial charge in [-0.3, -0.25) is 0 Å². The molecule has 0 fully saturated rings. The Bertz CT molecular complexity index is 920. The Morgan fingerprint density at radius 3 is 1.88 bits per heavy atom. The highest BCUT2D eigenvalue weighted by atomic mass is 32.2. The summed E-state index contributed by atoms with van der Waals surface area (Å²) in [4.78, 5) is 0.255. The van der Waals surface area contributed by atoms with Crippen LogP contribution in [0.2, 0.25) is 0 Å². The van der Waals surface area contributed by atoms with Crippen molar-refractivity contribution >= 4 is 10.0 Å². The van der Waals surface area contributed by atoms with E-state index < -0.39 is 10.0 Å². The third-order valence-electron chi connectivity index (χ3n) is 4.00. The topological polar surface area (TPSA) is 72.2 Å². The second-order valence-electron chi connectivity index (χ2n) is 5.74. The van der Waals surface area contributed by atoms with Crippen LogP contribution in [0.1, 0.15) is 11.1 Å². The van der Waals surface area contributed by atoms with E-state index in [1.165, 1.54) is 0 Å². The molecule has 0 unspecified atom stereocenters. The molecule has 4 nitrogen and oxygen atoms in total. The van der Waals surface area contributed by atoms with Crippen LogP contribution in [0.4, 0.5) is 0 Å². The van der Waals surface area contributed by atoms with Crippen LogP contribution in [0.25, 0.3) is 11.1 Å². The molecule has 25 heavy (non-hydrogen) atoms. The summed E-state index contributed by atoms with van der Waals surface area (Å²) in [6, 6.07) is 24.3. The molecule has 0 radical (unpaired) electrons. The van der Waals surface area contributed by atoms with E-state index in [0.717, 1.165) is 22.3 Å². The molecule has 3 rings (SSSR count). The van der Waals surface area contributed by atoms with Gasteiger partial charge in [0.2, 0.25) is 10.0 Å². The summed E-state index contributed by atoms with van der Waals surface area (Å²) in [5.41, 5.74) is 9.51. The third-order valence-corrected chi connectivity index (χ3v) is 5.41. The van der Waals surface area contributed by atoms with Gasteiger partial charge in [0.1, 0.15) is 0 Å². The molecule has 0 saturated heterocycles. The first-order valence-electron chi connectivity index (χ1n) is 8.01. The minimum atomic E-state index is -3.55. The maximum absolute atomic E-state index is 12.4. The van der Waals surface area contributed by atoms with Gasteiger partial charge in [0.25, 0.3) is 0 Å². The van der Waals surface area contributed by atoms with Crippen molar-refractivity contribution in [1.29, 1.82) is 0 Å². The lowest BCUT2D eigenvalue weighted by atomic mass is 10.1. The molecule has 0 amide bonds. The number of benzene rings is 3. The Labute approximate surface area is 148 Å². The number of hydrogen-bond acceptors (Lipinski definition) is 3. The second-order valence-corrected chi connectivity index (χ2v) is 7.50. The van der Waals surface area contributed by atoms with Crippen molar-refractivity contribution in [3.8, 4) is 11.1 Å². The zero-order chi connectivity index (χ0) is 17.7. The van der Waals surface area contributed by atoms with Gasteiger partial charge in [-0.25, -0.2) is 13.1 Å². The van der Waals surface area contributed by atoms with Crippen LogP contribution in [0.15, 0.2) is 83.8 Å². The van der Waals surface area contributed by atoms with E-state index in [4.69, 9.17) is 5.73 Å². The molecule has 0 aliphatic heterocycles. The van der Waals surface area contributed by atoms with Crippen LogP contribution in [0, 0.1) is 0 Å². The van der Waals surface area contributed by atoms with Crippen LogP contribution in [0.5, 0.6) is 0 Å². The molecule has 0 saturated carbocycles. The molecular formula is C20H20N2O2S. The first kappa shape index (κ1) is 17.4. The van der Waals surface area contributed by atoms with E-state index in [-0.39, 0.29) is 11.4 Å². The van der Waals surface area contributed by atoms with Crippen molar-refractivity contribution in [3.63, 3.8) is 0 Å². The molecular weight excluding hydrogens is 332 g/mol. The lowest BCUT2D eigenvalue weighted by Crippen LogP contribution is -2.23. The van der Waals surface area contributed by atoms with Crippen molar-refractivity contribution < 1.29 is 8.42 Å². The van der Waals surface area contributed by atoms with Crippen molar-refractivity contribution in [1.82, 2.24) is 4.72 Å². The van der Waals surface area contributed by atoms with Gasteiger partial charge in [0, 0.05) is 13.1 Å². The van der Waals surface area contributed by atoms with Crippen LogP contribution in [0.3, 0.4) is 0 Å². The maximum atomic E-state index is 12.4. The number of nitrogens with one attached hydrogen (secondary N) is 1. The highest BCUT2D eigenvalue weighted by Crippen LogP contribution is 2.21. The van der Waals surface area contributed by atoms with E-state index in [1.807, 2.05) is 66.7 Å². The van der Waals surface area contributed by atoms with E-state index in [1.54, 1.807) is 12.1 Å². The smallest absolute Gasteiger partial charge is 0.240 e. The van der Waals surface area contributed by atoms with Crippen LogP contribution in [-0.4, -0.2) is 8.42 Å². The van der Waals surface area contributed by atoms with Crippen LogP contribution < -0.4 is 10.5 Å². The standard InChI is InChI=1S/C20H20N2O2S/c21-14-16-6-8-17(9-7-16)15-22-25(23,24)20-12-10-19(11-13-20)18-4-2-1-3-5-18/h1-13,22H,14-15,21H2. The molecule has 0 aliphatic carbocycles. The summed E-state index contributed by atoms with van der Waals surface area (Å²) in [5, 5.41) is 0.